The fourth-order valence-corrected chi connectivity index (χ4v) is 1.69. The molecule has 2 rings (SSSR count). The Bertz CT molecular complexity index is 641. The fourth-order valence-electron chi connectivity index (χ4n) is 1.69. The maximum absolute atomic E-state index is 11.7. The summed E-state index contributed by atoms with van der Waals surface area (Å²) in [5.74, 6) is -0.946. The van der Waals surface area contributed by atoms with E-state index in [-0.39, 0.29) is 23.5 Å². The Labute approximate surface area is 107 Å². The van der Waals surface area contributed by atoms with E-state index in [9.17, 15) is 14.7 Å². The highest BCUT2D eigenvalue weighted by Gasteiger charge is 2.21. The lowest BCUT2D eigenvalue weighted by molar-refractivity contribution is -0.138. The van der Waals surface area contributed by atoms with Crippen LogP contribution in [-0.2, 0) is 11.2 Å². The molecular formula is C12H12N2O5. The quantitative estimate of drug-likeness (QED) is 0.628. The number of aromatic nitrogens is 1. The third-order valence-corrected chi connectivity index (χ3v) is 2.65. The molecule has 100 valence electrons. The zero-order chi connectivity index (χ0) is 14.0. The number of nitrogens with one attached hydrogen (secondary N) is 1. The number of aliphatic carboxylic acids is 1. The van der Waals surface area contributed by atoms with E-state index in [1.54, 1.807) is 0 Å². The Kier molecular flexibility index (Phi) is 3.39. The van der Waals surface area contributed by atoms with E-state index in [2.05, 4.69) is 5.16 Å². The summed E-state index contributed by atoms with van der Waals surface area (Å²) in [7, 11) is 0. The summed E-state index contributed by atoms with van der Waals surface area (Å²) >= 11 is 0. The van der Waals surface area contributed by atoms with E-state index in [0.29, 0.717) is 5.56 Å². The monoisotopic (exact) mass is 264 g/mol. The van der Waals surface area contributed by atoms with Crippen LogP contribution in [-0.4, -0.2) is 27.4 Å². The summed E-state index contributed by atoms with van der Waals surface area (Å²) in [6.45, 7) is 0. The van der Waals surface area contributed by atoms with Gasteiger partial charge in [0.15, 0.2) is 0 Å². The minimum Gasteiger partial charge on any atom is -0.508 e. The zero-order valence-corrected chi connectivity index (χ0v) is 9.79. The van der Waals surface area contributed by atoms with Crippen molar-refractivity contribution in [2.24, 2.45) is 5.73 Å². The molecule has 0 saturated heterocycles. The predicted octanol–water partition coefficient (Wildman–Crippen LogP) is 0.295. The van der Waals surface area contributed by atoms with Crippen molar-refractivity contribution in [2.75, 3.05) is 0 Å². The van der Waals surface area contributed by atoms with Gasteiger partial charge in [-0.05, 0) is 17.7 Å². The van der Waals surface area contributed by atoms with Gasteiger partial charge in [-0.1, -0.05) is 12.1 Å². The third-order valence-electron chi connectivity index (χ3n) is 2.65. The molecule has 7 heteroatoms. The van der Waals surface area contributed by atoms with Crippen molar-refractivity contribution in [1.29, 1.82) is 0 Å². The van der Waals surface area contributed by atoms with Crippen LogP contribution in [0.3, 0.4) is 0 Å². The third kappa shape index (κ3) is 2.66. The van der Waals surface area contributed by atoms with Gasteiger partial charge >= 0.3 is 5.97 Å². The van der Waals surface area contributed by atoms with Crippen molar-refractivity contribution in [2.45, 2.75) is 12.5 Å². The number of hydrogen-bond acceptors (Lipinski definition) is 5. The van der Waals surface area contributed by atoms with Crippen molar-refractivity contribution in [3.63, 3.8) is 0 Å². The highest BCUT2D eigenvalue weighted by atomic mass is 16.5. The first-order valence-electron chi connectivity index (χ1n) is 5.47. The summed E-state index contributed by atoms with van der Waals surface area (Å²) in [6.07, 6.45) is -0.107. The Balaban J connectivity index is 2.40. The predicted molar refractivity (Wildman–Crippen MR) is 65.7 cm³/mol. The maximum Gasteiger partial charge on any atom is 0.320 e. The molecule has 7 nitrogen and oxygen atoms in total. The highest BCUT2D eigenvalue weighted by molar-refractivity contribution is 5.74. The second-order valence-corrected chi connectivity index (χ2v) is 4.03. The van der Waals surface area contributed by atoms with Crippen LogP contribution in [0.2, 0.25) is 0 Å². The first-order chi connectivity index (χ1) is 8.99. The van der Waals surface area contributed by atoms with Crippen LogP contribution in [0, 0.1) is 0 Å². The summed E-state index contributed by atoms with van der Waals surface area (Å²) in [6, 6.07) is 4.75. The molecule has 0 radical (unpaired) electrons. The van der Waals surface area contributed by atoms with Crippen LogP contribution in [0.1, 0.15) is 5.76 Å². The fraction of sp³-hybridized carbons (Fsp3) is 0.167. The summed E-state index contributed by atoms with van der Waals surface area (Å²) in [4.78, 5) is 22.4. The molecule has 0 aliphatic carbocycles. The number of H-pyrrole nitrogens is 1. The lowest BCUT2D eigenvalue weighted by atomic mass is 10.0. The number of carboxylic acid groups (broad SMARTS) is 1. The van der Waals surface area contributed by atoms with Crippen LogP contribution in [0.25, 0.3) is 11.1 Å². The van der Waals surface area contributed by atoms with E-state index >= 15 is 0 Å². The van der Waals surface area contributed by atoms with Crippen LogP contribution in [0.5, 0.6) is 5.75 Å². The lowest BCUT2D eigenvalue weighted by Gasteiger charge is -2.05. The smallest absolute Gasteiger partial charge is 0.320 e. The van der Waals surface area contributed by atoms with E-state index < -0.39 is 17.6 Å². The van der Waals surface area contributed by atoms with E-state index in [1.807, 2.05) is 0 Å². The van der Waals surface area contributed by atoms with E-state index in [1.165, 1.54) is 24.3 Å². The minimum atomic E-state index is -1.18. The molecule has 0 amide bonds. The molecule has 0 unspecified atom stereocenters. The van der Waals surface area contributed by atoms with Gasteiger partial charge in [-0.25, -0.2) is 0 Å². The molecule has 0 fully saturated rings. The minimum absolute atomic E-state index is 0.0625. The van der Waals surface area contributed by atoms with Gasteiger partial charge < -0.3 is 20.5 Å². The van der Waals surface area contributed by atoms with Gasteiger partial charge in [-0.15, -0.1) is 0 Å². The second-order valence-electron chi connectivity index (χ2n) is 4.03. The number of hydrogen-bond donors (Lipinski definition) is 4. The molecule has 0 aliphatic rings. The van der Waals surface area contributed by atoms with Gasteiger partial charge in [0.25, 0.3) is 5.56 Å². The number of carbonyl (C=O) groups is 1. The SMILES string of the molecule is N[C@@H](Cc1o[nH]c(=O)c1-c1ccc(O)cc1)C(=O)O. The number of carboxylic acids is 1. The van der Waals surface area contributed by atoms with Gasteiger partial charge in [-0.3, -0.25) is 9.59 Å². The van der Waals surface area contributed by atoms with Crippen molar-refractivity contribution in [3.05, 3.63) is 40.4 Å². The molecular weight excluding hydrogens is 252 g/mol. The van der Waals surface area contributed by atoms with Crippen LogP contribution < -0.4 is 11.3 Å². The largest absolute Gasteiger partial charge is 0.508 e. The van der Waals surface area contributed by atoms with Crippen LogP contribution in [0.4, 0.5) is 0 Å². The summed E-state index contributed by atoms with van der Waals surface area (Å²) in [5, 5.41) is 20.1. The van der Waals surface area contributed by atoms with Gasteiger partial charge in [0.2, 0.25) is 0 Å². The second kappa shape index (κ2) is 4.99. The van der Waals surface area contributed by atoms with Gasteiger partial charge in [0, 0.05) is 6.42 Å². The maximum atomic E-state index is 11.7. The molecule has 19 heavy (non-hydrogen) atoms. The number of benzene rings is 1. The zero-order valence-electron chi connectivity index (χ0n) is 9.79. The van der Waals surface area contributed by atoms with Gasteiger partial charge in [0.1, 0.15) is 17.6 Å². The van der Waals surface area contributed by atoms with Crippen LogP contribution >= 0.6 is 0 Å². The number of phenolic OH excluding ortho intramolecular Hbond substituents is 1. The first-order valence-corrected chi connectivity index (χ1v) is 5.47. The topological polar surface area (TPSA) is 130 Å². The van der Waals surface area contributed by atoms with Gasteiger partial charge in [0.05, 0.1) is 5.56 Å². The average Bonchev–Trinajstić information content (AvgIpc) is 2.72. The Morgan fingerprint density at radius 3 is 2.58 bits per heavy atom. The Morgan fingerprint density at radius 1 is 1.37 bits per heavy atom. The average molecular weight is 264 g/mol. The van der Waals surface area contributed by atoms with Crippen molar-refractivity contribution in [3.8, 4) is 16.9 Å². The first kappa shape index (κ1) is 12.9. The number of nitrogens with two attached hydrogens (primary N) is 1. The lowest BCUT2D eigenvalue weighted by Crippen LogP contribution is -2.32. The molecule has 0 bridgehead atoms. The van der Waals surface area contributed by atoms with Crippen molar-refractivity contribution < 1.29 is 19.5 Å². The van der Waals surface area contributed by atoms with Crippen molar-refractivity contribution in [1.82, 2.24) is 5.16 Å². The van der Waals surface area contributed by atoms with E-state index in [4.69, 9.17) is 15.4 Å². The van der Waals surface area contributed by atoms with Gasteiger partial charge in [-0.2, -0.15) is 5.16 Å². The molecule has 5 N–H and O–H groups in total. The standard InChI is InChI=1S/C12H12N2O5/c13-8(12(17)18)5-9-10(11(16)14-19-9)6-1-3-7(15)4-2-6/h1-4,8,15H,5,13H2,(H,14,16)(H,17,18)/t8-/m0/s1. The number of rotatable bonds is 4. The molecule has 0 aliphatic heterocycles. The Morgan fingerprint density at radius 2 is 2.00 bits per heavy atom. The molecule has 0 saturated carbocycles. The molecule has 1 heterocycles. The highest BCUT2D eigenvalue weighted by Crippen LogP contribution is 2.23. The number of aromatic amines is 1. The number of phenols is 1. The molecule has 0 spiro atoms. The number of aromatic hydroxyl groups is 1. The molecule has 2 aromatic rings. The van der Waals surface area contributed by atoms with Crippen molar-refractivity contribution >= 4 is 5.97 Å². The Hall–Kier alpha value is -2.54. The van der Waals surface area contributed by atoms with E-state index in [0.717, 1.165) is 0 Å². The molecule has 1 aromatic carbocycles. The molecule has 1 aromatic heterocycles. The summed E-state index contributed by atoms with van der Waals surface area (Å²) < 4.78 is 4.96. The van der Waals surface area contributed by atoms with Crippen LogP contribution in [0.15, 0.2) is 33.6 Å². The molecule has 1 atom stereocenters. The normalized spacial score (nSPS) is 12.3. The summed E-state index contributed by atoms with van der Waals surface area (Å²) in [5.41, 5.74) is 5.67.